The van der Waals surface area contributed by atoms with E-state index in [-0.39, 0.29) is 24.5 Å². The molecule has 3 rings (SSSR count). The monoisotopic (exact) mass is 347 g/mol. The summed E-state index contributed by atoms with van der Waals surface area (Å²) in [7, 11) is 0. The maximum Gasteiger partial charge on any atom is 0.305 e. The first-order valence-corrected chi connectivity index (χ1v) is 7.83. The molecule has 1 atom stereocenters. The quantitative estimate of drug-likeness (QED) is 0.858. The van der Waals surface area contributed by atoms with Crippen LogP contribution in [0.2, 0.25) is 0 Å². The molecule has 2 heterocycles. The minimum atomic E-state index is -1.00. The van der Waals surface area contributed by atoms with Gasteiger partial charge >= 0.3 is 5.97 Å². The molecule has 2 N–H and O–H groups in total. The fraction of sp³-hybridized carbons (Fsp3) is 0.353. The van der Waals surface area contributed by atoms with Gasteiger partial charge in [0.25, 0.3) is 5.91 Å². The van der Waals surface area contributed by atoms with Gasteiger partial charge in [-0.3, -0.25) is 9.59 Å². The second-order valence-electron chi connectivity index (χ2n) is 6.18. The van der Waals surface area contributed by atoms with Crippen molar-refractivity contribution in [1.29, 1.82) is 0 Å². The minimum absolute atomic E-state index is 0.153. The van der Waals surface area contributed by atoms with Crippen LogP contribution in [0.25, 0.3) is 5.69 Å². The van der Waals surface area contributed by atoms with E-state index in [1.54, 1.807) is 19.2 Å². The highest BCUT2D eigenvalue weighted by molar-refractivity contribution is 5.93. The molecule has 0 saturated carbocycles. The Morgan fingerprint density at radius 3 is 2.88 bits per heavy atom. The van der Waals surface area contributed by atoms with Gasteiger partial charge in [-0.05, 0) is 43.2 Å². The number of nitrogens with one attached hydrogen (secondary N) is 1. The summed E-state index contributed by atoms with van der Waals surface area (Å²) < 4.78 is 20.0. The molecule has 1 fully saturated rings. The third-order valence-electron chi connectivity index (χ3n) is 4.20. The summed E-state index contributed by atoms with van der Waals surface area (Å²) >= 11 is 0. The number of nitrogens with zero attached hydrogens (tertiary/aromatic N) is 2. The number of aromatic nitrogens is 2. The zero-order chi connectivity index (χ0) is 18.0. The fourth-order valence-electron chi connectivity index (χ4n) is 2.94. The van der Waals surface area contributed by atoms with Crippen molar-refractivity contribution < 1.29 is 23.8 Å². The minimum Gasteiger partial charge on any atom is -0.481 e. The first-order chi connectivity index (χ1) is 11.9. The van der Waals surface area contributed by atoms with Gasteiger partial charge in [0, 0.05) is 12.8 Å². The molecule has 1 saturated heterocycles. The van der Waals surface area contributed by atoms with Crippen molar-refractivity contribution in [3.8, 4) is 5.69 Å². The maximum atomic E-state index is 13.2. The number of carbonyl (C=O) groups excluding carboxylic acids is 1. The van der Waals surface area contributed by atoms with E-state index in [1.807, 2.05) is 0 Å². The van der Waals surface area contributed by atoms with Crippen LogP contribution in [0.1, 0.15) is 28.9 Å². The van der Waals surface area contributed by atoms with Crippen molar-refractivity contribution >= 4 is 11.9 Å². The summed E-state index contributed by atoms with van der Waals surface area (Å²) in [4.78, 5) is 23.6. The first-order valence-electron chi connectivity index (χ1n) is 7.83. The Morgan fingerprint density at radius 1 is 1.44 bits per heavy atom. The summed E-state index contributed by atoms with van der Waals surface area (Å²) in [5, 5.41) is 16.0. The van der Waals surface area contributed by atoms with Gasteiger partial charge in [0.15, 0.2) is 5.69 Å². The molecule has 1 aromatic carbocycles. The molecule has 1 unspecified atom stereocenters. The van der Waals surface area contributed by atoms with Crippen molar-refractivity contribution in [2.45, 2.75) is 25.3 Å². The fourth-order valence-corrected chi connectivity index (χ4v) is 2.94. The SMILES string of the molecule is Cc1cc(F)ccc1-n1ccc(C(=O)NC2(CC(=O)O)CCOC2)n1. The number of carboxylic acid groups (broad SMARTS) is 1. The molecule has 0 spiro atoms. The van der Waals surface area contributed by atoms with Crippen molar-refractivity contribution in [3.05, 3.63) is 47.5 Å². The van der Waals surface area contributed by atoms with E-state index in [2.05, 4.69) is 10.4 Å². The van der Waals surface area contributed by atoms with Gasteiger partial charge in [0.1, 0.15) is 5.82 Å². The van der Waals surface area contributed by atoms with Crippen molar-refractivity contribution in [2.75, 3.05) is 13.2 Å². The van der Waals surface area contributed by atoms with Crippen LogP contribution in [-0.2, 0) is 9.53 Å². The number of hydrogen-bond acceptors (Lipinski definition) is 4. The Bertz CT molecular complexity index is 812. The number of carbonyl (C=O) groups is 2. The second-order valence-corrected chi connectivity index (χ2v) is 6.18. The number of halogens is 1. The Labute approximate surface area is 143 Å². The van der Waals surface area contributed by atoms with Gasteiger partial charge < -0.3 is 15.2 Å². The molecule has 0 radical (unpaired) electrons. The van der Waals surface area contributed by atoms with E-state index in [1.165, 1.54) is 22.9 Å². The zero-order valence-corrected chi connectivity index (χ0v) is 13.7. The number of carboxylic acids is 1. The third kappa shape index (κ3) is 3.69. The number of ether oxygens (including phenoxy) is 1. The number of hydrogen-bond donors (Lipinski definition) is 2. The van der Waals surface area contributed by atoms with Gasteiger partial charge in [0.05, 0.1) is 24.3 Å². The van der Waals surface area contributed by atoms with Crippen LogP contribution in [0.5, 0.6) is 0 Å². The van der Waals surface area contributed by atoms with Crippen LogP contribution in [0, 0.1) is 12.7 Å². The van der Waals surface area contributed by atoms with Gasteiger partial charge in [0.2, 0.25) is 0 Å². The molecule has 0 bridgehead atoms. The van der Waals surface area contributed by atoms with Crippen LogP contribution < -0.4 is 5.32 Å². The second kappa shape index (κ2) is 6.64. The van der Waals surface area contributed by atoms with E-state index in [0.29, 0.717) is 24.3 Å². The molecule has 1 amide bonds. The highest BCUT2D eigenvalue weighted by atomic mass is 19.1. The predicted octanol–water partition coefficient (Wildman–Crippen LogP) is 1.68. The Kier molecular flexibility index (Phi) is 4.54. The Morgan fingerprint density at radius 2 is 2.24 bits per heavy atom. The number of aryl methyl sites for hydroxylation is 1. The molecule has 1 aliphatic rings. The molecule has 7 nitrogen and oxygen atoms in total. The third-order valence-corrected chi connectivity index (χ3v) is 4.20. The summed E-state index contributed by atoms with van der Waals surface area (Å²) in [6.07, 6.45) is 1.82. The lowest BCUT2D eigenvalue weighted by Crippen LogP contribution is -2.50. The van der Waals surface area contributed by atoms with Crippen LogP contribution in [0.3, 0.4) is 0 Å². The molecule has 132 valence electrons. The average molecular weight is 347 g/mol. The van der Waals surface area contributed by atoms with Crippen molar-refractivity contribution in [1.82, 2.24) is 15.1 Å². The molecular formula is C17H18FN3O4. The zero-order valence-electron chi connectivity index (χ0n) is 13.7. The number of rotatable bonds is 5. The van der Waals surface area contributed by atoms with E-state index in [9.17, 15) is 14.0 Å². The molecule has 1 aliphatic heterocycles. The highest BCUT2D eigenvalue weighted by Crippen LogP contribution is 2.23. The lowest BCUT2D eigenvalue weighted by molar-refractivity contribution is -0.138. The number of amides is 1. The van der Waals surface area contributed by atoms with E-state index in [0.717, 1.165) is 0 Å². The number of benzene rings is 1. The average Bonchev–Trinajstić information content (AvgIpc) is 3.16. The Hall–Kier alpha value is -2.74. The largest absolute Gasteiger partial charge is 0.481 e. The smallest absolute Gasteiger partial charge is 0.305 e. The highest BCUT2D eigenvalue weighted by Gasteiger charge is 2.39. The van der Waals surface area contributed by atoms with Crippen LogP contribution in [0.15, 0.2) is 30.5 Å². The molecule has 0 aliphatic carbocycles. The summed E-state index contributed by atoms with van der Waals surface area (Å²) in [5.74, 6) is -1.81. The van der Waals surface area contributed by atoms with E-state index in [4.69, 9.17) is 9.84 Å². The topological polar surface area (TPSA) is 93.5 Å². The molecular weight excluding hydrogens is 329 g/mol. The summed E-state index contributed by atoms with van der Waals surface area (Å²) in [6, 6.07) is 5.81. The summed E-state index contributed by atoms with van der Waals surface area (Å²) in [6.45, 7) is 2.30. The number of aliphatic carboxylic acids is 1. The van der Waals surface area contributed by atoms with Crippen molar-refractivity contribution in [2.24, 2.45) is 0 Å². The van der Waals surface area contributed by atoms with Crippen LogP contribution in [0.4, 0.5) is 4.39 Å². The van der Waals surface area contributed by atoms with Crippen molar-refractivity contribution in [3.63, 3.8) is 0 Å². The van der Waals surface area contributed by atoms with Gasteiger partial charge in [-0.15, -0.1) is 0 Å². The standard InChI is InChI=1S/C17H18FN3O4/c1-11-8-12(18)2-3-14(11)21-6-4-13(20-21)16(24)19-17(9-15(22)23)5-7-25-10-17/h2-4,6,8H,5,7,9-10H2,1H3,(H,19,24)(H,22,23). The lowest BCUT2D eigenvalue weighted by atomic mass is 9.94. The van der Waals surface area contributed by atoms with Gasteiger partial charge in [-0.2, -0.15) is 5.10 Å². The first kappa shape index (κ1) is 17.1. The van der Waals surface area contributed by atoms with Crippen LogP contribution in [-0.4, -0.2) is 45.5 Å². The van der Waals surface area contributed by atoms with Gasteiger partial charge in [-0.25, -0.2) is 9.07 Å². The molecule has 2 aromatic rings. The normalized spacial score (nSPS) is 19.8. The van der Waals surface area contributed by atoms with E-state index >= 15 is 0 Å². The molecule has 25 heavy (non-hydrogen) atoms. The molecule has 8 heteroatoms. The molecule has 1 aromatic heterocycles. The predicted molar refractivity (Wildman–Crippen MR) is 86.1 cm³/mol. The van der Waals surface area contributed by atoms with E-state index < -0.39 is 17.4 Å². The van der Waals surface area contributed by atoms with Gasteiger partial charge in [-0.1, -0.05) is 0 Å². The summed E-state index contributed by atoms with van der Waals surface area (Å²) in [5.41, 5.74) is 0.574. The lowest BCUT2D eigenvalue weighted by Gasteiger charge is -2.26. The maximum absolute atomic E-state index is 13.2. The Balaban J connectivity index is 1.79. The van der Waals surface area contributed by atoms with Crippen LogP contribution >= 0.6 is 0 Å².